The first kappa shape index (κ1) is 19.2. The number of carbonyl (C=O) groups is 1. The van der Waals surface area contributed by atoms with E-state index in [9.17, 15) is 13.6 Å². The Bertz CT molecular complexity index is 996. The number of rotatable bonds is 6. The molecule has 0 saturated heterocycles. The molecule has 0 radical (unpaired) electrons. The number of amides is 1. The highest BCUT2D eigenvalue weighted by atomic mass is 19.1. The van der Waals surface area contributed by atoms with E-state index in [0.29, 0.717) is 17.0 Å². The van der Waals surface area contributed by atoms with Crippen LogP contribution in [0.4, 0.5) is 8.78 Å². The van der Waals surface area contributed by atoms with Crippen LogP contribution in [0.2, 0.25) is 0 Å². The van der Waals surface area contributed by atoms with Gasteiger partial charge < -0.3 is 4.74 Å². The lowest BCUT2D eigenvalue weighted by Gasteiger charge is -2.07. The number of hydrazone groups is 1. The van der Waals surface area contributed by atoms with Crippen molar-refractivity contribution in [2.24, 2.45) is 12.1 Å². The Morgan fingerprint density at radius 1 is 1.18 bits per heavy atom. The number of aromatic nitrogens is 2. The van der Waals surface area contributed by atoms with E-state index in [1.54, 1.807) is 43.3 Å². The minimum atomic E-state index is -0.527. The molecular weight excluding hydrogens is 366 g/mol. The summed E-state index contributed by atoms with van der Waals surface area (Å²) >= 11 is 0. The molecule has 1 aromatic heterocycles. The Hall–Kier alpha value is -3.55. The zero-order valence-electron chi connectivity index (χ0n) is 15.3. The second kappa shape index (κ2) is 8.43. The van der Waals surface area contributed by atoms with Gasteiger partial charge in [0.25, 0.3) is 5.91 Å². The normalized spacial score (nSPS) is 11.0. The van der Waals surface area contributed by atoms with Gasteiger partial charge in [-0.05, 0) is 48.9 Å². The van der Waals surface area contributed by atoms with E-state index in [0.717, 1.165) is 10.2 Å². The van der Waals surface area contributed by atoms with Crippen molar-refractivity contribution in [3.63, 3.8) is 0 Å². The van der Waals surface area contributed by atoms with Gasteiger partial charge in [0, 0.05) is 12.6 Å². The van der Waals surface area contributed by atoms with Gasteiger partial charge in [-0.15, -0.1) is 0 Å². The first-order valence-corrected chi connectivity index (χ1v) is 8.44. The molecule has 0 aliphatic carbocycles. The summed E-state index contributed by atoms with van der Waals surface area (Å²) in [7, 11) is 1.49. The first-order valence-electron chi connectivity index (χ1n) is 8.44. The lowest BCUT2D eigenvalue weighted by molar-refractivity contribution is 0.0955. The van der Waals surface area contributed by atoms with Crippen LogP contribution >= 0.6 is 0 Å². The first-order chi connectivity index (χ1) is 13.4. The third kappa shape index (κ3) is 4.59. The second-order valence-corrected chi connectivity index (χ2v) is 6.05. The largest absolute Gasteiger partial charge is 0.489 e. The van der Waals surface area contributed by atoms with Gasteiger partial charge >= 0.3 is 0 Å². The number of halogens is 2. The summed E-state index contributed by atoms with van der Waals surface area (Å²) in [4.78, 5) is 12.1. The minimum absolute atomic E-state index is 0.219. The quantitative estimate of drug-likeness (QED) is 0.523. The van der Waals surface area contributed by atoms with Gasteiger partial charge in [0.2, 0.25) is 5.95 Å². The van der Waals surface area contributed by atoms with Crippen LogP contribution in [-0.2, 0) is 13.7 Å². The van der Waals surface area contributed by atoms with E-state index >= 15 is 0 Å². The van der Waals surface area contributed by atoms with Crippen LogP contribution in [0, 0.1) is 18.7 Å². The third-order valence-corrected chi connectivity index (χ3v) is 3.99. The van der Waals surface area contributed by atoms with Crippen LogP contribution in [0.25, 0.3) is 0 Å². The lowest BCUT2D eigenvalue weighted by Crippen LogP contribution is -2.17. The number of carbonyl (C=O) groups excluding carboxylic acids is 1. The molecule has 6 nitrogen and oxygen atoms in total. The predicted molar refractivity (Wildman–Crippen MR) is 100 cm³/mol. The molecule has 144 valence electrons. The maximum Gasteiger partial charge on any atom is 0.271 e. The highest BCUT2D eigenvalue weighted by Crippen LogP contribution is 2.14. The highest BCUT2D eigenvalue weighted by molar-refractivity contribution is 5.95. The standard InChI is InChI=1S/C20H18F2N4O2/c1-13-18(19(22)26(2)25-13)11-23-24-20(27)15-5-3-14(4-6-15)12-28-17-9-7-16(21)8-10-17/h3-11H,12H2,1-2H3,(H,24,27)/b23-11-. The average Bonchev–Trinajstić information content (AvgIpc) is 2.94. The summed E-state index contributed by atoms with van der Waals surface area (Å²) in [6.45, 7) is 1.93. The van der Waals surface area contributed by atoms with Crippen molar-refractivity contribution >= 4 is 12.1 Å². The predicted octanol–water partition coefficient (Wildman–Crippen LogP) is 3.35. The molecule has 0 atom stereocenters. The van der Waals surface area contributed by atoms with Gasteiger partial charge in [-0.3, -0.25) is 4.79 Å². The third-order valence-electron chi connectivity index (χ3n) is 3.99. The summed E-state index contributed by atoms with van der Waals surface area (Å²) < 4.78 is 33.3. The molecule has 0 fully saturated rings. The van der Waals surface area contributed by atoms with Crippen molar-refractivity contribution < 1.29 is 18.3 Å². The fraction of sp³-hybridized carbons (Fsp3) is 0.150. The van der Waals surface area contributed by atoms with Crippen molar-refractivity contribution in [1.29, 1.82) is 0 Å². The van der Waals surface area contributed by atoms with Crippen LogP contribution in [0.15, 0.2) is 53.6 Å². The van der Waals surface area contributed by atoms with Crippen LogP contribution in [-0.4, -0.2) is 21.9 Å². The number of ether oxygens (including phenoxy) is 1. The molecule has 1 heterocycles. The molecule has 1 N–H and O–H groups in total. The van der Waals surface area contributed by atoms with Crippen LogP contribution in [0.3, 0.4) is 0 Å². The summed E-state index contributed by atoms with van der Waals surface area (Å²) in [5.74, 6) is -0.729. The SMILES string of the molecule is Cc1nn(C)c(F)c1/C=N\NC(=O)c1ccc(COc2ccc(F)cc2)cc1. The summed E-state index contributed by atoms with van der Waals surface area (Å²) in [5, 5.41) is 7.71. The molecule has 0 aliphatic rings. The number of hydrogen-bond donors (Lipinski definition) is 1. The molecule has 0 unspecified atom stereocenters. The second-order valence-electron chi connectivity index (χ2n) is 6.05. The minimum Gasteiger partial charge on any atom is -0.489 e. The lowest BCUT2D eigenvalue weighted by atomic mass is 10.1. The monoisotopic (exact) mass is 384 g/mol. The Labute approximate surface area is 160 Å². The summed E-state index contributed by atoms with van der Waals surface area (Å²) in [5.41, 5.74) is 4.29. The number of hydrogen-bond acceptors (Lipinski definition) is 4. The van der Waals surface area contributed by atoms with Crippen molar-refractivity contribution in [3.8, 4) is 5.75 Å². The number of benzene rings is 2. The average molecular weight is 384 g/mol. The van der Waals surface area contributed by atoms with E-state index in [2.05, 4.69) is 15.6 Å². The van der Waals surface area contributed by atoms with Gasteiger partial charge in [0.15, 0.2) is 0 Å². The molecular formula is C20H18F2N4O2. The fourth-order valence-corrected chi connectivity index (χ4v) is 2.46. The van der Waals surface area contributed by atoms with E-state index in [1.807, 2.05) is 0 Å². The van der Waals surface area contributed by atoms with Gasteiger partial charge in [0.1, 0.15) is 18.2 Å². The Morgan fingerprint density at radius 3 is 2.46 bits per heavy atom. The number of nitrogens with zero attached hydrogens (tertiary/aromatic N) is 3. The Kier molecular flexibility index (Phi) is 5.78. The summed E-state index contributed by atoms with van der Waals surface area (Å²) in [6.07, 6.45) is 1.22. The van der Waals surface area contributed by atoms with Crippen LogP contribution < -0.4 is 10.2 Å². The Morgan fingerprint density at radius 2 is 1.86 bits per heavy atom. The maximum absolute atomic E-state index is 13.8. The number of aryl methyl sites for hydroxylation is 2. The Balaban J connectivity index is 1.56. The van der Waals surface area contributed by atoms with Crippen LogP contribution in [0.5, 0.6) is 5.75 Å². The van der Waals surface area contributed by atoms with Crippen molar-refractivity contribution in [2.75, 3.05) is 0 Å². The summed E-state index contributed by atoms with van der Waals surface area (Å²) in [6, 6.07) is 12.5. The molecule has 0 spiro atoms. The van der Waals surface area contributed by atoms with Crippen LogP contribution in [0.1, 0.15) is 27.2 Å². The molecule has 1 amide bonds. The molecule has 2 aromatic carbocycles. The molecule has 3 aromatic rings. The molecule has 8 heteroatoms. The van der Waals surface area contributed by atoms with E-state index in [4.69, 9.17) is 4.74 Å². The van der Waals surface area contributed by atoms with Crippen molar-refractivity contribution in [3.05, 3.63) is 82.7 Å². The van der Waals surface area contributed by atoms with Crippen molar-refractivity contribution in [2.45, 2.75) is 13.5 Å². The zero-order valence-corrected chi connectivity index (χ0v) is 15.3. The topological polar surface area (TPSA) is 68.5 Å². The van der Waals surface area contributed by atoms with Crippen molar-refractivity contribution in [1.82, 2.24) is 15.2 Å². The molecule has 0 bridgehead atoms. The van der Waals surface area contributed by atoms with Gasteiger partial charge in [-0.25, -0.2) is 14.5 Å². The van der Waals surface area contributed by atoms with Gasteiger partial charge in [-0.2, -0.15) is 14.6 Å². The fourth-order valence-electron chi connectivity index (χ4n) is 2.46. The molecule has 0 aliphatic heterocycles. The molecule has 28 heavy (non-hydrogen) atoms. The van der Waals surface area contributed by atoms with E-state index in [1.165, 1.54) is 25.4 Å². The van der Waals surface area contributed by atoms with Gasteiger partial charge in [-0.1, -0.05) is 12.1 Å². The molecule has 3 rings (SSSR count). The van der Waals surface area contributed by atoms with Gasteiger partial charge in [0.05, 0.1) is 17.5 Å². The van der Waals surface area contributed by atoms with E-state index in [-0.39, 0.29) is 18.0 Å². The zero-order chi connectivity index (χ0) is 20.1. The molecule has 0 saturated carbocycles. The maximum atomic E-state index is 13.8. The highest BCUT2D eigenvalue weighted by Gasteiger charge is 2.11. The van der Waals surface area contributed by atoms with E-state index < -0.39 is 11.9 Å². The number of nitrogens with one attached hydrogen (secondary N) is 1. The smallest absolute Gasteiger partial charge is 0.271 e.